The lowest BCUT2D eigenvalue weighted by molar-refractivity contribution is -0.873. The van der Waals surface area contributed by atoms with E-state index in [2.05, 4.69) is 0 Å². The van der Waals surface area contributed by atoms with Crippen molar-refractivity contribution in [3.05, 3.63) is 0 Å². The van der Waals surface area contributed by atoms with Crippen molar-refractivity contribution in [3.63, 3.8) is 0 Å². The molecule has 25 heavy (non-hydrogen) atoms. The first-order chi connectivity index (χ1) is 11.5. The molecule has 0 aliphatic rings. The Balaban J connectivity index is 4.05. The molecule has 0 aliphatic heterocycles. The zero-order valence-electron chi connectivity index (χ0n) is 15.4. The van der Waals surface area contributed by atoms with E-state index in [1.165, 1.54) is 0 Å². The van der Waals surface area contributed by atoms with Crippen LogP contribution in [0, 0.1) is 0 Å². The first-order valence-corrected chi connectivity index (χ1v) is 8.61. The lowest BCUT2D eigenvalue weighted by atomic mass is 10.1. The molecule has 0 aliphatic carbocycles. The van der Waals surface area contributed by atoms with Crippen molar-refractivity contribution >= 4 is 17.9 Å². The normalized spacial score (nSPS) is 13.9. The lowest BCUT2D eigenvalue weighted by Gasteiger charge is -2.28. The van der Waals surface area contributed by atoms with Gasteiger partial charge in [-0.1, -0.05) is 6.42 Å². The second-order valence-electron chi connectivity index (χ2n) is 7.37. The van der Waals surface area contributed by atoms with Crippen molar-refractivity contribution in [2.24, 2.45) is 0 Å². The molecule has 0 aromatic heterocycles. The Kier molecular flexibility index (Phi) is 11.0. The van der Waals surface area contributed by atoms with Crippen molar-refractivity contribution in [3.8, 4) is 0 Å². The zero-order valence-corrected chi connectivity index (χ0v) is 15.4. The summed E-state index contributed by atoms with van der Waals surface area (Å²) in [5.74, 6) is -2.32. The fourth-order valence-electron chi connectivity index (χ4n) is 2.48. The van der Waals surface area contributed by atoms with Crippen molar-refractivity contribution < 1.29 is 38.9 Å². The molecule has 2 atom stereocenters. The topological polar surface area (TPSA) is 121 Å². The van der Waals surface area contributed by atoms with Crippen LogP contribution in [0.1, 0.15) is 51.4 Å². The first-order valence-electron chi connectivity index (χ1n) is 8.61. The Morgan fingerprint density at radius 2 is 1.52 bits per heavy atom. The van der Waals surface area contributed by atoms with Crippen LogP contribution < -0.4 is 0 Å². The SMILES string of the molecule is C[N+](C)(C)CC(CC(=O)O)OC(=O)CCCC(O)CCCCC(=O)O. The number of nitrogens with zero attached hydrogens (tertiary/aromatic N) is 1. The molecule has 0 saturated heterocycles. The van der Waals surface area contributed by atoms with E-state index in [-0.39, 0.29) is 19.3 Å². The molecule has 0 bridgehead atoms. The Morgan fingerprint density at radius 3 is 2.04 bits per heavy atom. The fraction of sp³-hybridized carbons (Fsp3) is 0.824. The molecule has 0 amide bonds. The molecule has 0 rings (SSSR count). The minimum Gasteiger partial charge on any atom is -0.481 e. The molecule has 0 heterocycles. The highest BCUT2D eigenvalue weighted by Gasteiger charge is 2.24. The molecular weight excluding hydrogens is 330 g/mol. The summed E-state index contributed by atoms with van der Waals surface area (Å²) in [6, 6.07) is 0. The van der Waals surface area contributed by atoms with Crippen molar-refractivity contribution in [2.45, 2.75) is 63.6 Å². The molecule has 3 N–H and O–H groups in total. The minimum atomic E-state index is -1.01. The van der Waals surface area contributed by atoms with Crippen molar-refractivity contribution in [1.29, 1.82) is 0 Å². The number of aliphatic hydroxyl groups excluding tert-OH is 1. The molecule has 0 aromatic rings. The lowest BCUT2D eigenvalue weighted by Crippen LogP contribution is -2.43. The van der Waals surface area contributed by atoms with Gasteiger partial charge in [-0.25, -0.2) is 0 Å². The molecule has 0 spiro atoms. The number of likely N-dealkylation sites (N-methyl/N-ethyl adjacent to an activating group) is 1. The summed E-state index contributed by atoms with van der Waals surface area (Å²) < 4.78 is 5.75. The van der Waals surface area contributed by atoms with Gasteiger partial charge < -0.3 is 24.5 Å². The summed E-state index contributed by atoms with van der Waals surface area (Å²) in [5, 5.41) is 27.2. The van der Waals surface area contributed by atoms with Crippen molar-refractivity contribution in [2.75, 3.05) is 27.7 Å². The standard InChI is InChI=1S/C17H31NO7/c1-18(2,3)12-14(11-16(22)23)25-17(24)10-6-8-13(19)7-4-5-9-15(20)21/h13-14,19H,4-12H2,1-3H3,(H-,20,21,22,23)/p+1. The van der Waals surface area contributed by atoms with Crippen molar-refractivity contribution in [1.82, 2.24) is 0 Å². The van der Waals surface area contributed by atoms with Crippen LogP contribution in [0.25, 0.3) is 0 Å². The number of aliphatic carboxylic acids is 2. The van der Waals surface area contributed by atoms with Crippen LogP contribution in [-0.2, 0) is 19.1 Å². The van der Waals surface area contributed by atoms with E-state index >= 15 is 0 Å². The van der Waals surface area contributed by atoms with Gasteiger partial charge in [0.1, 0.15) is 6.54 Å². The Labute approximate surface area is 149 Å². The monoisotopic (exact) mass is 362 g/mol. The predicted molar refractivity (Wildman–Crippen MR) is 91.0 cm³/mol. The van der Waals surface area contributed by atoms with Gasteiger partial charge in [0.05, 0.1) is 33.7 Å². The highest BCUT2D eigenvalue weighted by molar-refractivity contribution is 5.71. The second kappa shape index (κ2) is 11.8. The van der Waals surface area contributed by atoms with E-state index in [0.717, 1.165) is 0 Å². The van der Waals surface area contributed by atoms with Crippen LogP contribution >= 0.6 is 0 Å². The van der Waals surface area contributed by atoms with Gasteiger partial charge in [0.15, 0.2) is 6.10 Å². The van der Waals surface area contributed by atoms with E-state index in [1.807, 2.05) is 21.1 Å². The smallest absolute Gasteiger partial charge is 0.307 e. The summed E-state index contributed by atoms with van der Waals surface area (Å²) >= 11 is 0. The highest BCUT2D eigenvalue weighted by Crippen LogP contribution is 2.12. The number of unbranched alkanes of at least 4 members (excludes halogenated alkanes) is 1. The third-order valence-electron chi connectivity index (χ3n) is 3.55. The molecule has 8 heteroatoms. The molecule has 0 radical (unpaired) electrons. The molecule has 146 valence electrons. The maximum Gasteiger partial charge on any atom is 0.307 e. The van der Waals surface area contributed by atoms with Gasteiger partial charge in [0.2, 0.25) is 0 Å². The number of quaternary nitrogens is 1. The van der Waals surface area contributed by atoms with Gasteiger partial charge >= 0.3 is 17.9 Å². The summed E-state index contributed by atoms with van der Waals surface area (Å²) in [7, 11) is 5.68. The van der Waals surface area contributed by atoms with E-state index < -0.39 is 30.1 Å². The average Bonchev–Trinajstić information content (AvgIpc) is 2.40. The van der Waals surface area contributed by atoms with Crippen LogP contribution in [0.15, 0.2) is 0 Å². The Morgan fingerprint density at radius 1 is 0.920 bits per heavy atom. The molecule has 0 aromatic carbocycles. The maximum atomic E-state index is 11.9. The van der Waals surface area contributed by atoms with E-state index in [1.54, 1.807) is 0 Å². The van der Waals surface area contributed by atoms with E-state index in [9.17, 15) is 19.5 Å². The highest BCUT2D eigenvalue weighted by atomic mass is 16.5. The Bertz CT molecular complexity index is 431. The molecular formula is C17H32NO7+. The fourth-order valence-corrected chi connectivity index (χ4v) is 2.48. The summed E-state index contributed by atoms with van der Waals surface area (Å²) in [6.07, 6.45) is 1.28. The van der Waals surface area contributed by atoms with Gasteiger partial charge in [-0.2, -0.15) is 0 Å². The number of hydrogen-bond donors (Lipinski definition) is 3. The molecule has 0 saturated carbocycles. The summed E-state index contributed by atoms with van der Waals surface area (Å²) in [5.41, 5.74) is 0. The van der Waals surface area contributed by atoms with Crippen LogP contribution in [-0.4, -0.2) is 77.6 Å². The van der Waals surface area contributed by atoms with Gasteiger partial charge in [-0.3, -0.25) is 14.4 Å². The van der Waals surface area contributed by atoms with Gasteiger partial charge in [-0.15, -0.1) is 0 Å². The first kappa shape index (κ1) is 23.3. The number of carbonyl (C=O) groups excluding carboxylic acids is 1. The minimum absolute atomic E-state index is 0.0935. The number of rotatable bonds is 14. The van der Waals surface area contributed by atoms with E-state index in [4.69, 9.17) is 14.9 Å². The van der Waals surface area contributed by atoms with Crippen LogP contribution in [0.4, 0.5) is 0 Å². The summed E-state index contributed by atoms with van der Waals surface area (Å²) in [4.78, 5) is 33.1. The van der Waals surface area contributed by atoms with Gasteiger partial charge in [0, 0.05) is 12.8 Å². The maximum absolute atomic E-state index is 11.9. The quantitative estimate of drug-likeness (QED) is 0.241. The van der Waals surface area contributed by atoms with E-state index in [0.29, 0.717) is 43.1 Å². The number of ether oxygens (including phenoxy) is 1. The largest absolute Gasteiger partial charge is 0.481 e. The average molecular weight is 362 g/mol. The van der Waals surface area contributed by atoms with Crippen LogP contribution in [0.3, 0.4) is 0 Å². The van der Waals surface area contributed by atoms with Crippen LogP contribution in [0.2, 0.25) is 0 Å². The summed E-state index contributed by atoms with van der Waals surface area (Å²) in [6.45, 7) is 0.407. The zero-order chi connectivity index (χ0) is 19.5. The number of esters is 1. The van der Waals surface area contributed by atoms with Crippen LogP contribution in [0.5, 0.6) is 0 Å². The third-order valence-corrected chi connectivity index (χ3v) is 3.55. The predicted octanol–water partition coefficient (Wildman–Crippen LogP) is 1.26. The van der Waals surface area contributed by atoms with Gasteiger partial charge in [0.25, 0.3) is 0 Å². The third kappa shape index (κ3) is 15.6. The number of aliphatic hydroxyl groups is 1. The number of carbonyl (C=O) groups is 3. The number of carboxylic acids is 2. The molecule has 2 unspecified atom stereocenters. The number of hydrogen-bond acceptors (Lipinski definition) is 5. The Hall–Kier alpha value is -1.67. The number of carboxylic acid groups (broad SMARTS) is 2. The van der Waals surface area contributed by atoms with Gasteiger partial charge in [-0.05, 0) is 25.7 Å². The second-order valence-corrected chi connectivity index (χ2v) is 7.37. The molecule has 8 nitrogen and oxygen atoms in total. The molecule has 0 fully saturated rings.